The number of pyridine rings is 1. The third-order valence-corrected chi connectivity index (χ3v) is 3.41. The van der Waals surface area contributed by atoms with Gasteiger partial charge in [-0.25, -0.2) is 4.98 Å². The van der Waals surface area contributed by atoms with Crippen LogP contribution >= 0.6 is 0 Å². The first-order chi connectivity index (χ1) is 11.3. The second-order valence-electron chi connectivity index (χ2n) is 4.77. The quantitative estimate of drug-likeness (QED) is 0.749. The lowest BCUT2D eigenvalue weighted by Gasteiger charge is -2.14. The fourth-order valence-corrected chi connectivity index (χ4v) is 2.32. The van der Waals surface area contributed by atoms with E-state index in [0.29, 0.717) is 40.7 Å². The Balaban J connectivity index is 1.85. The second-order valence-corrected chi connectivity index (χ2v) is 4.77. The van der Waals surface area contributed by atoms with E-state index in [9.17, 15) is 0 Å². The smallest absolute Gasteiger partial charge is 0.203 e. The van der Waals surface area contributed by atoms with Crippen LogP contribution in [-0.4, -0.2) is 31.5 Å². The van der Waals surface area contributed by atoms with E-state index in [2.05, 4.69) is 15.5 Å². The topological polar surface area (TPSA) is 78.6 Å². The number of rotatable bonds is 6. The second kappa shape index (κ2) is 6.43. The summed E-state index contributed by atoms with van der Waals surface area (Å²) in [4.78, 5) is 4.26. The van der Waals surface area contributed by atoms with Gasteiger partial charge >= 0.3 is 0 Å². The maximum Gasteiger partial charge on any atom is 0.203 e. The number of fused-ring (bicyclic) bond motifs is 1. The van der Waals surface area contributed by atoms with Crippen molar-refractivity contribution in [3.05, 3.63) is 36.0 Å². The number of aromatic nitrogens is 2. The predicted octanol–water partition coefficient (Wildman–Crippen LogP) is 2.86. The number of benzene rings is 1. The first-order valence-corrected chi connectivity index (χ1v) is 7.00. The molecule has 0 atom stereocenters. The predicted molar refractivity (Wildman–Crippen MR) is 85.2 cm³/mol. The number of ether oxygens (including phenoxy) is 3. The molecule has 3 aromatic rings. The molecule has 0 aliphatic rings. The minimum atomic E-state index is 0.509. The summed E-state index contributed by atoms with van der Waals surface area (Å²) in [5.41, 5.74) is 2.28. The van der Waals surface area contributed by atoms with Crippen LogP contribution in [0, 0.1) is 0 Å². The molecular formula is C16H17N3O4. The molecule has 0 bridgehead atoms. The van der Waals surface area contributed by atoms with E-state index >= 15 is 0 Å². The maximum atomic E-state index is 5.35. The van der Waals surface area contributed by atoms with Crippen LogP contribution in [0.5, 0.6) is 17.2 Å². The van der Waals surface area contributed by atoms with Gasteiger partial charge in [0.15, 0.2) is 28.4 Å². The Morgan fingerprint density at radius 2 is 1.83 bits per heavy atom. The normalized spacial score (nSPS) is 10.6. The van der Waals surface area contributed by atoms with Crippen LogP contribution in [0.4, 0.5) is 5.82 Å². The highest BCUT2D eigenvalue weighted by Gasteiger charge is 2.14. The Labute approximate surface area is 133 Å². The number of anilines is 1. The molecule has 0 unspecified atom stereocenters. The van der Waals surface area contributed by atoms with Crippen molar-refractivity contribution in [3.8, 4) is 17.2 Å². The van der Waals surface area contributed by atoms with Gasteiger partial charge in [0.1, 0.15) is 0 Å². The van der Waals surface area contributed by atoms with Crippen molar-refractivity contribution >= 4 is 16.9 Å². The number of methoxy groups -OCH3 is 3. The molecule has 2 aromatic heterocycles. The monoisotopic (exact) mass is 315 g/mol. The van der Waals surface area contributed by atoms with Gasteiger partial charge in [0.25, 0.3) is 0 Å². The Hall–Kier alpha value is -2.96. The minimum absolute atomic E-state index is 0.509. The van der Waals surface area contributed by atoms with Crippen LogP contribution in [0.3, 0.4) is 0 Å². The average molecular weight is 315 g/mol. The third kappa shape index (κ3) is 2.85. The third-order valence-electron chi connectivity index (χ3n) is 3.41. The van der Waals surface area contributed by atoms with Crippen molar-refractivity contribution in [1.82, 2.24) is 10.1 Å². The molecule has 23 heavy (non-hydrogen) atoms. The van der Waals surface area contributed by atoms with Gasteiger partial charge in [-0.3, -0.25) is 0 Å². The van der Waals surface area contributed by atoms with Crippen LogP contribution < -0.4 is 19.5 Å². The fourth-order valence-electron chi connectivity index (χ4n) is 2.32. The molecule has 7 nitrogen and oxygen atoms in total. The molecule has 0 aliphatic heterocycles. The summed E-state index contributed by atoms with van der Waals surface area (Å²) in [6, 6.07) is 7.38. The molecule has 0 radical (unpaired) electrons. The minimum Gasteiger partial charge on any atom is -0.493 e. The summed E-state index contributed by atoms with van der Waals surface area (Å²) in [5.74, 6) is 2.36. The zero-order valence-corrected chi connectivity index (χ0v) is 13.1. The van der Waals surface area contributed by atoms with Gasteiger partial charge in [-0.2, -0.15) is 0 Å². The molecule has 0 aliphatic carbocycles. The lowest BCUT2D eigenvalue weighted by Crippen LogP contribution is -2.03. The van der Waals surface area contributed by atoms with Crippen molar-refractivity contribution < 1.29 is 18.7 Å². The van der Waals surface area contributed by atoms with E-state index < -0.39 is 0 Å². The molecule has 0 amide bonds. The summed E-state index contributed by atoms with van der Waals surface area (Å²) in [6.07, 6.45) is 1.70. The number of nitrogens with one attached hydrogen (secondary N) is 1. The number of hydrogen-bond acceptors (Lipinski definition) is 7. The van der Waals surface area contributed by atoms with E-state index in [1.165, 1.54) is 0 Å². The summed E-state index contributed by atoms with van der Waals surface area (Å²) in [5, 5.41) is 7.20. The zero-order valence-electron chi connectivity index (χ0n) is 13.1. The van der Waals surface area contributed by atoms with Gasteiger partial charge < -0.3 is 24.1 Å². The molecule has 1 aromatic carbocycles. The zero-order chi connectivity index (χ0) is 16.2. The van der Waals surface area contributed by atoms with Crippen LogP contribution in [0.1, 0.15) is 5.56 Å². The molecule has 0 fully saturated rings. The molecule has 0 spiro atoms. The van der Waals surface area contributed by atoms with Gasteiger partial charge in [0.05, 0.1) is 21.3 Å². The molecule has 0 saturated carbocycles. The van der Waals surface area contributed by atoms with Gasteiger partial charge in [-0.1, -0.05) is 5.16 Å². The van der Waals surface area contributed by atoms with Crippen molar-refractivity contribution in [1.29, 1.82) is 0 Å². The molecular weight excluding hydrogens is 298 g/mol. The molecule has 3 rings (SSSR count). The Morgan fingerprint density at radius 3 is 2.48 bits per heavy atom. The maximum absolute atomic E-state index is 5.35. The van der Waals surface area contributed by atoms with Crippen LogP contribution in [0.2, 0.25) is 0 Å². The highest BCUT2D eigenvalue weighted by atomic mass is 16.5. The Bertz CT molecular complexity index is 791. The van der Waals surface area contributed by atoms with Crippen LogP contribution in [0.25, 0.3) is 11.1 Å². The van der Waals surface area contributed by atoms with Crippen LogP contribution in [-0.2, 0) is 6.54 Å². The van der Waals surface area contributed by atoms with Crippen molar-refractivity contribution in [2.45, 2.75) is 6.54 Å². The van der Waals surface area contributed by atoms with E-state index in [1.54, 1.807) is 33.6 Å². The Morgan fingerprint density at radius 1 is 1.09 bits per heavy atom. The largest absolute Gasteiger partial charge is 0.493 e. The van der Waals surface area contributed by atoms with Crippen molar-refractivity contribution in [3.63, 3.8) is 0 Å². The first kappa shape index (κ1) is 15.0. The SMILES string of the molecule is COc1cc(CNc2noc3cccnc23)cc(OC)c1OC. The molecule has 0 saturated heterocycles. The summed E-state index contributed by atoms with van der Waals surface area (Å²) in [6.45, 7) is 0.509. The average Bonchev–Trinajstić information content (AvgIpc) is 3.02. The number of nitrogens with zero attached hydrogens (tertiary/aromatic N) is 2. The van der Waals surface area contributed by atoms with Crippen molar-refractivity contribution in [2.24, 2.45) is 0 Å². The summed E-state index contributed by atoms with van der Waals surface area (Å²) in [7, 11) is 4.75. The lowest BCUT2D eigenvalue weighted by molar-refractivity contribution is 0.324. The van der Waals surface area contributed by atoms with Crippen molar-refractivity contribution in [2.75, 3.05) is 26.6 Å². The number of hydrogen-bond donors (Lipinski definition) is 1. The molecule has 7 heteroatoms. The highest BCUT2D eigenvalue weighted by Crippen LogP contribution is 2.38. The molecule has 120 valence electrons. The van der Waals surface area contributed by atoms with E-state index in [1.807, 2.05) is 18.2 Å². The van der Waals surface area contributed by atoms with Gasteiger partial charge in [-0.05, 0) is 29.8 Å². The van der Waals surface area contributed by atoms with E-state index in [4.69, 9.17) is 18.7 Å². The van der Waals surface area contributed by atoms with E-state index in [-0.39, 0.29) is 0 Å². The standard InChI is InChI=1S/C16H17N3O4/c1-20-12-7-10(8-13(21-2)15(12)22-3)9-18-16-14-11(23-19-16)5-4-6-17-14/h4-8H,9H2,1-3H3,(H,18,19). The van der Waals surface area contributed by atoms with Gasteiger partial charge in [0, 0.05) is 12.7 Å². The van der Waals surface area contributed by atoms with Crippen LogP contribution in [0.15, 0.2) is 35.0 Å². The first-order valence-electron chi connectivity index (χ1n) is 7.00. The van der Waals surface area contributed by atoms with Gasteiger partial charge in [0.2, 0.25) is 5.75 Å². The Kier molecular flexibility index (Phi) is 4.18. The lowest BCUT2D eigenvalue weighted by atomic mass is 10.1. The summed E-state index contributed by atoms with van der Waals surface area (Å²) < 4.78 is 21.2. The molecule has 2 heterocycles. The fraction of sp³-hybridized carbons (Fsp3) is 0.250. The summed E-state index contributed by atoms with van der Waals surface area (Å²) >= 11 is 0. The highest BCUT2D eigenvalue weighted by molar-refractivity contribution is 5.83. The molecule has 1 N–H and O–H groups in total. The van der Waals surface area contributed by atoms with E-state index in [0.717, 1.165) is 5.56 Å². The van der Waals surface area contributed by atoms with Gasteiger partial charge in [-0.15, -0.1) is 0 Å².